The van der Waals surface area contributed by atoms with Crippen LogP contribution in [0.2, 0.25) is 0 Å². The van der Waals surface area contributed by atoms with Gasteiger partial charge in [0.1, 0.15) is 24.9 Å². The van der Waals surface area contributed by atoms with Crippen molar-refractivity contribution in [3.8, 4) is 0 Å². The minimum absolute atomic E-state index is 0.0119. The zero-order chi connectivity index (χ0) is 26.5. The van der Waals surface area contributed by atoms with Gasteiger partial charge in [-0.1, -0.05) is 86.8 Å². The zero-order valence-electron chi connectivity index (χ0n) is 21.7. The van der Waals surface area contributed by atoms with Gasteiger partial charge < -0.3 is 34.4 Å². The van der Waals surface area contributed by atoms with Gasteiger partial charge in [-0.25, -0.2) is 0 Å². The molecule has 1 saturated heterocycles. The summed E-state index contributed by atoms with van der Waals surface area (Å²) in [6.45, 7) is 3.57. The number of aliphatic hydroxyl groups excluding tert-OH is 3. The fourth-order valence-corrected chi connectivity index (χ4v) is 4.35. The van der Waals surface area contributed by atoms with Gasteiger partial charge in [0.25, 0.3) is 0 Å². The van der Waals surface area contributed by atoms with Crippen molar-refractivity contribution in [2.45, 2.75) is 76.3 Å². The summed E-state index contributed by atoms with van der Waals surface area (Å²) in [6, 6.07) is 18.8. The highest BCUT2D eigenvalue weighted by Gasteiger charge is 2.39. The van der Waals surface area contributed by atoms with Gasteiger partial charge in [0, 0.05) is 18.7 Å². The zero-order valence-corrected chi connectivity index (χ0v) is 21.7. The van der Waals surface area contributed by atoms with Crippen molar-refractivity contribution in [2.75, 3.05) is 26.2 Å². The molecule has 0 bridgehead atoms. The second kappa shape index (κ2) is 15.8. The molecular formula is C29H41NO7. The molecule has 0 radical (unpaired) electrons. The van der Waals surface area contributed by atoms with Crippen LogP contribution in [0.1, 0.15) is 56.4 Å². The van der Waals surface area contributed by atoms with Crippen LogP contribution < -0.4 is 0 Å². The van der Waals surface area contributed by atoms with Gasteiger partial charge in [-0.2, -0.15) is 0 Å². The van der Waals surface area contributed by atoms with E-state index in [1.165, 1.54) is 0 Å². The molecule has 0 spiro atoms. The predicted molar refractivity (Wildman–Crippen MR) is 139 cm³/mol. The number of hydrogen-bond acceptors (Lipinski definition) is 8. The van der Waals surface area contributed by atoms with Crippen LogP contribution in [0.4, 0.5) is 0 Å². The van der Waals surface area contributed by atoms with Gasteiger partial charge >= 0.3 is 5.97 Å². The molecule has 204 valence electrons. The van der Waals surface area contributed by atoms with E-state index in [1.54, 1.807) is 0 Å². The number of benzene rings is 2. The molecule has 8 heteroatoms. The number of nitrogens with zero attached hydrogens (tertiary/aromatic N) is 1. The van der Waals surface area contributed by atoms with Crippen molar-refractivity contribution >= 4 is 5.97 Å². The van der Waals surface area contributed by atoms with E-state index in [1.807, 2.05) is 65.6 Å². The van der Waals surface area contributed by atoms with E-state index in [-0.39, 0.29) is 32.1 Å². The van der Waals surface area contributed by atoms with Gasteiger partial charge in [0.15, 0.2) is 6.29 Å². The Labute approximate surface area is 219 Å². The molecule has 0 aromatic heterocycles. The first-order chi connectivity index (χ1) is 18.0. The van der Waals surface area contributed by atoms with Crippen molar-refractivity contribution in [3.63, 3.8) is 0 Å². The lowest BCUT2D eigenvalue weighted by atomic mass is 10.0. The summed E-state index contributed by atoms with van der Waals surface area (Å²) >= 11 is 0. The number of carbonyl (C=O) groups excluding carboxylic acids is 1. The Morgan fingerprint density at radius 3 is 2.43 bits per heavy atom. The maximum atomic E-state index is 12.4. The lowest BCUT2D eigenvalue weighted by Gasteiger charge is -2.38. The van der Waals surface area contributed by atoms with Crippen LogP contribution in [0.3, 0.4) is 0 Å². The van der Waals surface area contributed by atoms with Crippen molar-refractivity contribution in [1.82, 2.24) is 4.90 Å². The first kappa shape index (κ1) is 29.2. The molecule has 1 fully saturated rings. The van der Waals surface area contributed by atoms with Gasteiger partial charge in [-0.3, -0.25) is 4.79 Å². The van der Waals surface area contributed by atoms with Crippen LogP contribution in [0.25, 0.3) is 0 Å². The molecule has 0 amide bonds. The fraction of sp³-hybridized carbons (Fsp3) is 0.552. The van der Waals surface area contributed by atoms with E-state index in [4.69, 9.17) is 14.2 Å². The van der Waals surface area contributed by atoms with E-state index in [2.05, 4.69) is 6.92 Å². The molecule has 0 aliphatic carbocycles. The Morgan fingerprint density at radius 2 is 1.73 bits per heavy atom. The number of aliphatic hydroxyl groups is 3. The highest BCUT2D eigenvalue weighted by atomic mass is 16.7. The molecule has 1 aliphatic rings. The standard InChI is InChI=1S/C29H41NO7/c1-2-3-4-11-17-30(18-16-26(33)35-20-22-12-7-5-8-13-22)19-24(31)27(34)28-25(32)21-36-29(37-28)23-14-9-6-10-15-23/h5-10,12-15,24-25,27-29,31-32,34H,2-4,11,16-21H2,1H3/t24?,25-,27?,28-,29-/m1/s1. The molecule has 8 nitrogen and oxygen atoms in total. The van der Waals surface area contributed by atoms with Gasteiger partial charge in [0.2, 0.25) is 0 Å². The number of carbonyl (C=O) groups is 1. The van der Waals surface area contributed by atoms with Crippen LogP contribution in [0.5, 0.6) is 0 Å². The van der Waals surface area contributed by atoms with Crippen molar-refractivity contribution in [2.24, 2.45) is 0 Å². The first-order valence-corrected chi connectivity index (χ1v) is 13.3. The molecule has 1 aliphatic heterocycles. The average molecular weight is 516 g/mol. The minimum Gasteiger partial charge on any atom is -0.461 e. The summed E-state index contributed by atoms with van der Waals surface area (Å²) < 4.78 is 16.8. The summed E-state index contributed by atoms with van der Waals surface area (Å²) in [4.78, 5) is 14.3. The molecule has 5 atom stereocenters. The summed E-state index contributed by atoms with van der Waals surface area (Å²) in [6.07, 6.45) is -0.962. The van der Waals surface area contributed by atoms with Crippen LogP contribution in [0.15, 0.2) is 60.7 Å². The summed E-state index contributed by atoms with van der Waals surface area (Å²) in [5.74, 6) is -0.314. The third kappa shape index (κ3) is 9.81. The van der Waals surface area contributed by atoms with Gasteiger partial charge in [-0.05, 0) is 18.5 Å². The Morgan fingerprint density at radius 1 is 1.03 bits per heavy atom. The Kier molecular flexibility index (Phi) is 12.5. The predicted octanol–water partition coefficient (Wildman–Crippen LogP) is 3.20. The number of esters is 1. The van der Waals surface area contributed by atoms with Crippen LogP contribution in [-0.2, 0) is 25.6 Å². The molecular weight excluding hydrogens is 474 g/mol. The molecule has 2 aromatic rings. The van der Waals surface area contributed by atoms with Crippen molar-refractivity contribution in [3.05, 3.63) is 71.8 Å². The van der Waals surface area contributed by atoms with Crippen molar-refractivity contribution in [1.29, 1.82) is 0 Å². The maximum Gasteiger partial charge on any atom is 0.307 e. The molecule has 3 N–H and O–H groups in total. The molecule has 0 saturated carbocycles. The van der Waals surface area contributed by atoms with Gasteiger partial charge in [-0.15, -0.1) is 0 Å². The molecule has 37 heavy (non-hydrogen) atoms. The molecule has 2 unspecified atom stereocenters. The smallest absolute Gasteiger partial charge is 0.307 e. The molecule has 3 rings (SSSR count). The largest absolute Gasteiger partial charge is 0.461 e. The normalized spacial score (nSPS) is 21.5. The van der Waals surface area contributed by atoms with E-state index >= 15 is 0 Å². The highest BCUT2D eigenvalue weighted by Crippen LogP contribution is 2.28. The van der Waals surface area contributed by atoms with Crippen LogP contribution in [0, 0.1) is 0 Å². The van der Waals surface area contributed by atoms with E-state index < -0.39 is 30.7 Å². The van der Waals surface area contributed by atoms with E-state index in [0.29, 0.717) is 13.1 Å². The SMILES string of the molecule is CCCCCCN(CCC(=O)OCc1ccccc1)CC(O)C(O)[C@@H]1O[C@H](c2ccccc2)OC[C@H]1O. The molecule has 2 aromatic carbocycles. The summed E-state index contributed by atoms with van der Waals surface area (Å²) in [7, 11) is 0. The van der Waals surface area contributed by atoms with E-state index in [0.717, 1.165) is 36.8 Å². The number of ether oxygens (including phenoxy) is 3. The molecule has 1 heterocycles. The number of rotatable bonds is 15. The topological polar surface area (TPSA) is 109 Å². The van der Waals surface area contributed by atoms with Gasteiger partial charge in [0.05, 0.1) is 19.1 Å². The second-order valence-corrected chi connectivity index (χ2v) is 9.56. The quantitative estimate of drug-likeness (QED) is 0.245. The Bertz CT molecular complexity index is 898. The fourth-order valence-electron chi connectivity index (χ4n) is 4.35. The lowest BCUT2D eigenvalue weighted by molar-refractivity contribution is -0.283. The summed E-state index contributed by atoms with van der Waals surface area (Å²) in [5.41, 5.74) is 1.70. The third-order valence-electron chi connectivity index (χ3n) is 6.53. The first-order valence-electron chi connectivity index (χ1n) is 13.3. The maximum absolute atomic E-state index is 12.4. The average Bonchev–Trinajstić information content (AvgIpc) is 2.93. The Hall–Kier alpha value is -2.33. The lowest BCUT2D eigenvalue weighted by Crippen LogP contribution is -2.54. The highest BCUT2D eigenvalue weighted by molar-refractivity contribution is 5.69. The Balaban J connectivity index is 1.53. The third-order valence-corrected chi connectivity index (χ3v) is 6.53. The minimum atomic E-state index is -1.33. The number of hydrogen-bond donors (Lipinski definition) is 3. The van der Waals surface area contributed by atoms with E-state index in [9.17, 15) is 20.1 Å². The van der Waals surface area contributed by atoms with Crippen LogP contribution in [-0.4, -0.2) is 76.8 Å². The van der Waals surface area contributed by atoms with Crippen molar-refractivity contribution < 1.29 is 34.3 Å². The second-order valence-electron chi connectivity index (χ2n) is 9.56. The van der Waals surface area contributed by atoms with Crippen LogP contribution >= 0.6 is 0 Å². The monoisotopic (exact) mass is 515 g/mol. The summed E-state index contributed by atoms with van der Waals surface area (Å²) in [5, 5.41) is 32.2. The number of unbranched alkanes of at least 4 members (excludes halogenated alkanes) is 3.